The summed E-state index contributed by atoms with van der Waals surface area (Å²) in [6.07, 6.45) is 2.83. The van der Waals surface area contributed by atoms with Crippen LogP contribution in [0.3, 0.4) is 0 Å². The Morgan fingerprint density at radius 1 is 1.10 bits per heavy atom. The van der Waals surface area contributed by atoms with E-state index >= 15 is 0 Å². The minimum Gasteiger partial charge on any atom is -0.369 e. The lowest BCUT2D eigenvalue weighted by Gasteiger charge is -2.23. The Kier molecular flexibility index (Phi) is 7.10. The summed E-state index contributed by atoms with van der Waals surface area (Å²) in [6.45, 7) is 6.36. The van der Waals surface area contributed by atoms with Crippen molar-refractivity contribution in [2.45, 2.75) is 58.5 Å². The van der Waals surface area contributed by atoms with Gasteiger partial charge in [-0.1, -0.05) is 56.3 Å². The summed E-state index contributed by atoms with van der Waals surface area (Å²) in [4.78, 5) is 31.1. The molecule has 1 aliphatic rings. The molecule has 1 heterocycles. The highest BCUT2D eigenvalue weighted by molar-refractivity contribution is 6.06. The van der Waals surface area contributed by atoms with Crippen LogP contribution in [-0.2, 0) is 22.6 Å². The fraction of sp³-hybridized carbons (Fsp3) is 0.400. The Morgan fingerprint density at radius 3 is 2.42 bits per heavy atom. The molecule has 31 heavy (non-hydrogen) atoms. The molecule has 2 amide bonds. The van der Waals surface area contributed by atoms with Gasteiger partial charge in [0, 0.05) is 12.1 Å². The molecule has 6 heteroatoms. The molecule has 0 radical (unpaired) electrons. The van der Waals surface area contributed by atoms with Gasteiger partial charge in [-0.15, -0.1) is 0 Å². The Morgan fingerprint density at radius 2 is 1.77 bits per heavy atom. The summed E-state index contributed by atoms with van der Waals surface area (Å²) in [7, 11) is 0. The second-order valence-corrected chi connectivity index (χ2v) is 8.82. The number of benzene rings is 2. The second-order valence-electron chi connectivity index (χ2n) is 8.82. The van der Waals surface area contributed by atoms with Gasteiger partial charge >= 0.3 is 0 Å². The van der Waals surface area contributed by atoms with Crippen molar-refractivity contribution < 1.29 is 9.59 Å². The van der Waals surface area contributed by atoms with Gasteiger partial charge in [-0.25, -0.2) is 4.99 Å². The first-order chi connectivity index (χ1) is 14.8. The summed E-state index contributed by atoms with van der Waals surface area (Å²) in [5.74, 6) is 0.554. The molecule has 0 aliphatic carbocycles. The first-order valence-corrected chi connectivity index (χ1v) is 10.9. The minimum atomic E-state index is -0.786. The average molecular weight is 421 g/mol. The predicted octanol–water partition coefficient (Wildman–Crippen LogP) is 4.11. The third kappa shape index (κ3) is 5.94. The highest BCUT2D eigenvalue weighted by atomic mass is 16.2. The molecule has 0 fully saturated rings. The molecule has 0 bridgehead atoms. The van der Waals surface area contributed by atoms with E-state index < -0.39 is 5.54 Å². The molecule has 164 valence electrons. The first-order valence-electron chi connectivity index (χ1n) is 10.9. The number of nitrogens with one attached hydrogen (secondary N) is 1. The Labute approximate surface area is 184 Å². The highest BCUT2D eigenvalue weighted by Crippen LogP contribution is 2.29. The summed E-state index contributed by atoms with van der Waals surface area (Å²) >= 11 is 0. The van der Waals surface area contributed by atoms with E-state index in [1.807, 2.05) is 49.4 Å². The van der Waals surface area contributed by atoms with Crippen molar-refractivity contribution in [2.24, 2.45) is 16.6 Å². The number of guanidine groups is 1. The van der Waals surface area contributed by atoms with Gasteiger partial charge in [-0.3, -0.25) is 14.5 Å². The largest absolute Gasteiger partial charge is 0.369 e. The Balaban J connectivity index is 1.50. The molecule has 0 saturated carbocycles. The summed E-state index contributed by atoms with van der Waals surface area (Å²) < 4.78 is 0. The van der Waals surface area contributed by atoms with E-state index in [9.17, 15) is 9.59 Å². The van der Waals surface area contributed by atoms with Crippen LogP contribution in [-0.4, -0.2) is 28.2 Å². The monoisotopic (exact) mass is 420 g/mol. The SMILES string of the molecule is CC(C)CC1(C)N=C(N)N(Cc2ccc(NC(=O)CCCc3ccccc3)cc2)C1=O. The molecule has 2 aromatic carbocycles. The molecule has 0 aromatic heterocycles. The van der Waals surface area contributed by atoms with Crippen molar-refractivity contribution in [1.82, 2.24) is 4.90 Å². The summed E-state index contributed by atoms with van der Waals surface area (Å²) in [5.41, 5.74) is 8.18. The van der Waals surface area contributed by atoms with Gasteiger partial charge in [0.25, 0.3) is 5.91 Å². The summed E-state index contributed by atoms with van der Waals surface area (Å²) in [6, 6.07) is 17.7. The van der Waals surface area contributed by atoms with E-state index in [0.717, 1.165) is 24.1 Å². The number of aryl methyl sites for hydroxylation is 1. The van der Waals surface area contributed by atoms with Crippen LogP contribution < -0.4 is 11.1 Å². The molecule has 1 unspecified atom stereocenters. The van der Waals surface area contributed by atoms with Crippen molar-refractivity contribution in [3.63, 3.8) is 0 Å². The minimum absolute atomic E-state index is 0.000711. The molecule has 1 aliphatic heterocycles. The molecule has 3 N–H and O–H groups in total. The van der Waals surface area contributed by atoms with Gasteiger partial charge < -0.3 is 11.1 Å². The predicted molar refractivity (Wildman–Crippen MR) is 124 cm³/mol. The van der Waals surface area contributed by atoms with Crippen LogP contribution in [0.5, 0.6) is 0 Å². The third-order valence-electron chi connectivity index (χ3n) is 5.44. The number of carbonyl (C=O) groups excluding carboxylic acids is 2. The second kappa shape index (κ2) is 9.77. The van der Waals surface area contributed by atoms with Gasteiger partial charge in [0.05, 0.1) is 6.54 Å². The Bertz CT molecular complexity index is 938. The van der Waals surface area contributed by atoms with Crippen LogP contribution in [0.25, 0.3) is 0 Å². The lowest BCUT2D eigenvalue weighted by Crippen LogP contribution is -2.43. The van der Waals surface area contributed by atoms with Crippen LogP contribution in [0.15, 0.2) is 59.6 Å². The van der Waals surface area contributed by atoms with Crippen LogP contribution in [0.2, 0.25) is 0 Å². The molecule has 0 spiro atoms. The third-order valence-corrected chi connectivity index (χ3v) is 5.44. The zero-order chi connectivity index (χ0) is 22.4. The van der Waals surface area contributed by atoms with Crippen LogP contribution in [0.1, 0.15) is 51.2 Å². The smallest absolute Gasteiger partial charge is 0.257 e. The zero-order valence-electron chi connectivity index (χ0n) is 18.6. The van der Waals surface area contributed by atoms with E-state index in [2.05, 4.69) is 36.3 Å². The first kappa shape index (κ1) is 22.5. The normalized spacial score (nSPS) is 18.4. The quantitative estimate of drug-likeness (QED) is 0.640. The zero-order valence-corrected chi connectivity index (χ0v) is 18.6. The van der Waals surface area contributed by atoms with Gasteiger partial charge in [-0.2, -0.15) is 0 Å². The van der Waals surface area contributed by atoms with E-state index in [-0.39, 0.29) is 17.8 Å². The summed E-state index contributed by atoms with van der Waals surface area (Å²) in [5, 5.41) is 2.93. The van der Waals surface area contributed by atoms with Crippen molar-refractivity contribution in [1.29, 1.82) is 0 Å². The lowest BCUT2D eigenvalue weighted by molar-refractivity contribution is -0.131. The maximum Gasteiger partial charge on any atom is 0.257 e. The van der Waals surface area contributed by atoms with E-state index in [4.69, 9.17) is 5.73 Å². The molecule has 1 atom stereocenters. The van der Waals surface area contributed by atoms with E-state index in [1.165, 1.54) is 5.56 Å². The number of rotatable bonds is 9. The molecular weight excluding hydrogens is 388 g/mol. The maximum atomic E-state index is 12.9. The molecule has 2 aromatic rings. The average Bonchev–Trinajstić information content (AvgIpc) is 2.92. The van der Waals surface area contributed by atoms with Crippen molar-refractivity contribution >= 4 is 23.5 Å². The van der Waals surface area contributed by atoms with E-state index in [0.29, 0.717) is 25.3 Å². The molecule has 6 nitrogen and oxygen atoms in total. The number of nitrogens with zero attached hydrogens (tertiary/aromatic N) is 2. The topological polar surface area (TPSA) is 87.8 Å². The maximum absolute atomic E-state index is 12.9. The van der Waals surface area contributed by atoms with Crippen molar-refractivity contribution in [2.75, 3.05) is 5.32 Å². The lowest BCUT2D eigenvalue weighted by atomic mass is 9.91. The van der Waals surface area contributed by atoms with Gasteiger partial charge in [0.15, 0.2) is 5.96 Å². The fourth-order valence-corrected chi connectivity index (χ4v) is 4.03. The van der Waals surface area contributed by atoms with Gasteiger partial charge in [-0.05, 0) is 55.4 Å². The fourth-order valence-electron chi connectivity index (χ4n) is 4.03. The highest BCUT2D eigenvalue weighted by Gasteiger charge is 2.43. The number of hydrogen-bond acceptors (Lipinski definition) is 4. The van der Waals surface area contributed by atoms with Crippen LogP contribution in [0, 0.1) is 5.92 Å². The molecular formula is C25H32N4O2. The van der Waals surface area contributed by atoms with Crippen LogP contribution in [0.4, 0.5) is 5.69 Å². The Hall–Kier alpha value is -3.15. The number of nitrogens with two attached hydrogens (primary N) is 1. The van der Waals surface area contributed by atoms with Crippen LogP contribution >= 0.6 is 0 Å². The molecule has 0 saturated heterocycles. The number of carbonyl (C=O) groups is 2. The number of anilines is 1. The standard InChI is InChI=1S/C25H32N4O2/c1-18(2)16-25(3)23(31)29(24(26)28-25)17-20-12-14-21(15-13-20)27-22(30)11-7-10-19-8-5-4-6-9-19/h4-6,8-9,12-15,18H,7,10-11,16-17H2,1-3H3,(H2,26,28)(H,27,30). The van der Waals surface area contributed by atoms with Crippen molar-refractivity contribution in [3.8, 4) is 0 Å². The van der Waals surface area contributed by atoms with Gasteiger partial charge in [0.1, 0.15) is 5.54 Å². The van der Waals surface area contributed by atoms with Crippen molar-refractivity contribution in [3.05, 3.63) is 65.7 Å². The molecule has 3 rings (SSSR count). The van der Waals surface area contributed by atoms with E-state index in [1.54, 1.807) is 4.90 Å². The number of amides is 2. The number of hydrogen-bond donors (Lipinski definition) is 2. The number of aliphatic imine (C=N–C) groups is 1. The van der Waals surface area contributed by atoms with Gasteiger partial charge in [0.2, 0.25) is 5.91 Å².